The molecule has 0 aromatic heterocycles. The first-order valence-electron chi connectivity index (χ1n) is 11.4. The number of aliphatic carboxylic acids is 1. The van der Waals surface area contributed by atoms with Crippen molar-refractivity contribution in [1.82, 2.24) is 4.90 Å². The van der Waals surface area contributed by atoms with E-state index in [-0.39, 0.29) is 23.7 Å². The van der Waals surface area contributed by atoms with E-state index in [1.165, 1.54) is 11.3 Å². The summed E-state index contributed by atoms with van der Waals surface area (Å²) in [5, 5.41) is 12.6. The van der Waals surface area contributed by atoms with E-state index in [1.807, 2.05) is 56.3 Å². The molecule has 1 heterocycles. The van der Waals surface area contributed by atoms with E-state index in [0.29, 0.717) is 12.1 Å². The number of amides is 2. The Morgan fingerprint density at radius 3 is 2.28 bits per heavy atom. The number of hydrogen-bond donors (Lipinski definition) is 2. The number of carbonyl (C=O) groups excluding carboxylic acids is 2. The Morgan fingerprint density at radius 1 is 1.00 bits per heavy atom. The third kappa shape index (κ3) is 4.40. The molecule has 1 atom stereocenters. The molecule has 1 aliphatic carbocycles. The minimum absolute atomic E-state index is 0.0961. The Hall–Kier alpha value is -3.15. The molecular formula is C26H30N2O4. The van der Waals surface area contributed by atoms with Gasteiger partial charge in [-0.1, -0.05) is 57.4 Å². The van der Waals surface area contributed by atoms with Gasteiger partial charge in [0, 0.05) is 23.7 Å². The van der Waals surface area contributed by atoms with Gasteiger partial charge in [0.2, 0.25) is 5.91 Å². The zero-order chi connectivity index (χ0) is 22.8. The van der Waals surface area contributed by atoms with Gasteiger partial charge in [0.1, 0.15) is 6.04 Å². The quantitative estimate of drug-likeness (QED) is 0.674. The van der Waals surface area contributed by atoms with Gasteiger partial charge in [0.25, 0.3) is 5.91 Å². The number of nitrogens with zero attached hydrogens (tertiary/aromatic N) is 1. The normalized spacial score (nSPS) is 17.3. The molecule has 168 valence electrons. The maximum Gasteiger partial charge on any atom is 0.326 e. The topological polar surface area (TPSA) is 86.7 Å². The van der Waals surface area contributed by atoms with Gasteiger partial charge in [-0.25, -0.2) is 4.79 Å². The fraction of sp³-hybridized carbons (Fsp3) is 0.423. The van der Waals surface area contributed by atoms with E-state index in [9.17, 15) is 19.5 Å². The van der Waals surface area contributed by atoms with Crippen LogP contribution < -0.4 is 5.32 Å². The van der Waals surface area contributed by atoms with E-state index >= 15 is 0 Å². The second-order valence-corrected chi connectivity index (χ2v) is 9.23. The number of nitrogens with one attached hydrogen (secondary N) is 1. The number of anilines is 1. The summed E-state index contributed by atoms with van der Waals surface area (Å²) in [6, 6.07) is 12.5. The number of carbonyl (C=O) groups is 3. The van der Waals surface area contributed by atoms with E-state index < -0.39 is 12.0 Å². The summed E-state index contributed by atoms with van der Waals surface area (Å²) in [5.74, 6) is -1.19. The van der Waals surface area contributed by atoms with Gasteiger partial charge in [-0.2, -0.15) is 0 Å². The third-order valence-corrected chi connectivity index (χ3v) is 6.62. The summed E-state index contributed by atoms with van der Waals surface area (Å²) in [6.45, 7) is 3.94. The van der Waals surface area contributed by atoms with Crippen LogP contribution in [-0.4, -0.2) is 33.8 Å². The van der Waals surface area contributed by atoms with Crippen LogP contribution in [0.3, 0.4) is 0 Å². The van der Waals surface area contributed by atoms with Crippen molar-refractivity contribution >= 4 is 23.5 Å². The van der Waals surface area contributed by atoms with E-state index in [1.54, 1.807) is 0 Å². The summed E-state index contributed by atoms with van der Waals surface area (Å²) in [5.41, 5.74) is 4.01. The molecule has 1 saturated carbocycles. The van der Waals surface area contributed by atoms with Crippen molar-refractivity contribution in [1.29, 1.82) is 0 Å². The zero-order valence-corrected chi connectivity index (χ0v) is 18.6. The molecular weight excluding hydrogens is 404 g/mol. The van der Waals surface area contributed by atoms with Crippen LogP contribution in [0.2, 0.25) is 0 Å². The van der Waals surface area contributed by atoms with Crippen molar-refractivity contribution in [3.05, 3.63) is 53.6 Å². The van der Waals surface area contributed by atoms with E-state index in [2.05, 4.69) is 5.32 Å². The number of benzene rings is 2. The predicted molar refractivity (Wildman–Crippen MR) is 123 cm³/mol. The summed E-state index contributed by atoms with van der Waals surface area (Å²) in [6.07, 6.45) is 5.38. The first-order valence-corrected chi connectivity index (χ1v) is 11.4. The number of carboxylic acid groups (broad SMARTS) is 1. The van der Waals surface area contributed by atoms with Crippen molar-refractivity contribution in [2.45, 2.75) is 58.5 Å². The second kappa shape index (κ2) is 9.15. The molecule has 6 nitrogen and oxygen atoms in total. The van der Waals surface area contributed by atoms with Crippen molar-refractivity contribution in [3.63, 3.8) is 0 Å². The zero-order valence-electron chi connectivity index (χ0n) is 18.6. The molecule has 2 N–H and O–H groups in total. The molecule has 1 aliphatic heterocycles. The highest BCUT2D eigenvalue weighted by atomic mass is 16.4. The molecule has 0 saturated heterocycles. The van der Waals surface area contributed by atoms with Crippen molar-refractivity contribution in [2.75, 3.05) is 5.32 Å². The Balaban J connectivity index is 1.49. The SMILES string of the molecule is CC(C)[C@@H](C(=O)O)N1Cc2ccc(-c3ccc(NC(=O)C4CCCCC4)cc3)cc2C1=O. The predicted octanol–water partition coefficient (Wildman–Crippen LogP) is 4.94. The monoisotopic (exact) mass is 434 g/mol. The van der Waals surface area contributed by atoms with Gasteiger partial charge in [-0.05, 0) is 53.6 Å². The summed E-state index contributed by atoms with van der Waals surface area (Å²) < 4.78 is 0. The molecule has 32 heavy (non-hydrogen) atoms. The lowest BCUT2D eigenvalue weighted by Gasteiger charge is -2.27. The van der Waals surface area contributed by atoms with Crippen LogP contribution in [0.1, 0.15) is 61.9 Å². The van der Waals surface area contributed by atoms with Gasteiger partial charge in [0.05, 0.1) is 0 Å². The Kier molecular flexibility index (Phi) is 6.31. The van der Waals surface area contributed by atoms with E-state index in [0.717, 1.165) is 48.1 Å². The molecule has 0 unspecified atom stereocenters. The van der Waals surface area contributed by atoms with Crippen LogP contribution >= 0.6 is 0 Å². The lowest BCUT2D eigenvalue weighted by atomic mass is 9.88. The average Bonchev–Trinajstić information content (AvgIpc) is 3.10. The van der Waals surface area contributed by atoms with Crippen molar-refractivity contribution in [2.24, 2.45) is 11.8 Å². The second-order valence-electron chi connectivity index (χ2n) is 9.23. The van der Waals surface area contributed by atoms with Crippen LogP contribution in [0.4, 0.5) is 5.69 Å². The Labute approximate surface area is 188 Å². The number of fused-ring (bicyclic) bond motifs is 1. The molecule has 1 fully saturated rings. The highest BCUT2D eigenvalue weighted by Gasteiger charge is 2.38. The van der Waals surface area contributed by atoms with Crippen LogP contribution in [0, 0.1) is 11.8 Å². The molecule has 2 aromatic carbocycles. The lowest BCUT2D eigenvalue weighted by molar-refractivity contribution is -0.144. The van der Waals surface area contributed by atoms with E-state index in [4.69, 9.17) is 0 Å². The highest BCUT2D eigenvalue weighted by Crippen LogP contribution is 2.32. The van der Waals surface area contributed by atoms with Gasteiger partial charge in [-0.3, -0.25) is 9.59 Å². The van der Waals surface area contributed by atoms with Crippen molar-refractivity contribution in [3.8, 4) is 11.1 Å². The molecule has 0 radical (unpaired) electrons. The first kappa shape index (κ1) is 22.1. The first-order chi connectivity index (χ1) is 15.3. The van der Waals surface area contributed by atoms with Gasteiger partial charge < -0.3 is 15.3 Å². The molecule has 2 aromatic rings. The number of hydrogen-bond acceptors (Lipinski definition) is 3. The van der Waals surface area contributed by atoms with Crippen LogP contribution in [0.15, 0.2) is 42.5 Å². The number of rotatable bonds is 6. The lowest BCUT2D eigenvalue weighted by Crippen LogP contribution is -2.44. The molecule has 2 aliphatic rings. The third-order valence-electron chi connectivity index (χ3n) is 6.62. The molecule has 0 bridgehead atoms. The largest absolute Gasteiger partial charge is 0.480 e. The smallest absolute Gasteiger partial charge is 0.326 e. The standard InChI is InChI=1S/C26H30N2O4/c1-16(2)23(26(31)32)28-15-20-9-8-19(14-22(20)25(28)30)17-10-12-21(13-11-17)27-24(29)18-6-4-3-5-7-18/h8-14,16,18,23H,3-7,15H2,1-2H3,(H,27,29)(H,31,32)/t23-/m0/s1. The molecule has 4 rings (SSSR count). The summed E-state index contributed by atoms with van der Waals surface area (Å²) >= 11 is 0. The van der Waals surface area contributed by atoms with Crippen LogP contribution in [-0.2, 0) is 16.1 Å². The molecule has 2 amide bonds. The Bertz CT molecular complexity index is 1020. The molecule has 0 spiro atoms. The van der Waals surface area contributed by atoms with Crippen LogP contribution in [0.25, 0.3) is 11.1 Å². The number of carboxylic acids is 1. The summed E-state index contributed by atoms with van der Waals surface area (Å²) in [7, 11) is 0. The fourth-order valence-electron chi connectivity index (χ4n) is 4.86. The highest BCUT2D eigenvalue weighted by molar-refractivity contribution is 6.01. The van der Waals surface area contributed by atoms with Gasteiger partial charge in [0.15, 0.2) is 0 Å². The maximum absolute atomic E-state index is 13.0. The maximum atomic E-state index is 13.0. The van der Waals surface area contributed by atoms with Crippen molar-refractivity contribution < 1.29 is 19.5 Å². The van der Waals surface area contributed by atoms with Crippen LogP contribution in [0.5, 0.6) is 0 Å². The minimum Gasteiger partial charge on any atom is -0.480 e. The average molecular weight is 435 g/mol. The van der Waals surface area contributed by atoms with Gasteiger partial charge in [-0.15, -0.1) is 0 Å². The van der Waals surface area contributed by atoms with Gasteiger partial charge >= 0.3 is 5.97 Å². The fourth-order valence-corrected chi connectivity index (χ4v) is 4.86. The minimum atomic E-state index is -0.979. The summed E-state index contributed by atoms with van der Waals surface area (Å²) in [4.78, 5) is 38.6. The Morgan fingerprint density at radius 2 is 1.66 bits per heavy atom. The molecule has 6 heteroatoms.